The number of aryl methyl sites for hydroxylation is 3. The van der Waals surface area contributed by atoms with Crippen molar-refractivity contribution in [1.82, 2.24) is 20.4 Å². The second-order valence-electron chi connectivity index (χ2n) is 8.67. The van der Waals surface area contributed by atoms with Crippen molar-refractivity contribution in [2.45, 2.75) is 64.3 Å². The molecule has 1 aromatic carbocycles. The number of hydrogen-bond acceptors (Lipinski definition) is 6. The normalized spacial score (nSPS) is 18.7. The van der Waals surface area contributed by atoms with Crippen LogP contribution in [0.15, 0.2) is 28.8 Å². The van der Waals surface area contributed by atoms with E-state index in [1.165, 1.54) is 17.5 Å². The highest BCUT2D eigenvalue weighted by Crippen LogP contribution is 2.30. The average Bonchev–Trinajstić information content (AvgIpc) is 3.19. The van der Waals surface area contributed by atoms with Crippen LogP contribution in [0.25, 0.3) is 11.1 Å². The molecule has 1 aliphatic carbocycles. The van der Waals surface area contributed by atoms with Crippen LogP contribution in [0.5, 0.6) is 0 Å². The van der Waals surface area contributed by atoms with Crippen LogP contribution in [0.4, 0.5) is 5.82 Å². The number of nitrogens with zero attached hydrogens (tertiary/aromatic N) is 4. The standard InChI is InChI=1S/C24H29N5O2/c1-16-22-23(29-14-5-2-6-15-29)26-20(27-24(22)31-28-16)12-13-21(30)25-19-11-7-9-17-8-3-4-10-18(17)19/h3-4,8,10,19H,2,5-7,9,11-15H2,1H3,(H,25,30). The summed E-state index contributed by atoms with van der Waals surface area (Å²) >= 11 is 0. The van der Waals surface area contributed by atoms with Crippen molar-refractivity contribution in [2.75, 3.05) is 18.0 Å². The molecule has 1 unspecified atom stereocenters. The zero-order valence-corrected chi connectivity index (χ0v) is 18.1. The zero-order chi connectivity index (χ0) is 21.2. The quantitative estimate of drug-likeness (QED) is 0.672. The monoisotopic (exact) mass is 419 g/mol. The molecule has 0 bridgehead atoms. The number of aromatic nitrogens is 3. The summed E-state index contributed by atoms with van der Waals surface area (Å²) in [5, 5.41) is 8.22. The molecule has 1 fully saturated rings. The molecule has 0 saturated carbocycles. The highest BCUT2D eigenvalue weighted by Gasteiger charge is 2.23. The van der Waals surface area contributed by atoms with Crippen molar-refractivity contribution in [3.63, 3.8) is 0 Å². The molecule has 0 spiro atoms. The molecule has 0 radical (unpaired) electrons. The van der Waals surface area contributed by atoms with Crippen molar-refractivity contribution in [3.8, 4) is 0 Å². The number of hydrogen-bond donors (Lipinski definition) is 1. The summed E-state index contributed by atoms with van der Waals surface area (Å²) in [5.41, 5.74) is 3.93. The molecular formula is C24H29N5O2. The summed E-state index contributed by atoms with van der Waals surface area (Å²) in [6, 6.07) is 8.52. The van der Waals surface area contributed by atoms with Crippen LogP contribution in [-0.4, -0.2) is 34.1 Å². The molecule has 7 nitrogen and oxygen atoms in total. The van der Waals surface area contributed by atoms with Gasteiger partial charge in [0, 0.05) is 25.9 Å². The van der Waals surface area contributed by atoms with E-state index in [1.54, 1.807) is 0 Å². The van der Waals surface area contributed by atoms with Crippen LogP contribution in [0.3, 0.4) is 0 Å². The van der Waals surface area contributed by atoms with Crippen LogP contribution in [0.2, 0.25) is 0 Å². The number of carbonyl (C=O) groups is 1. The summed E-state index contributed by atoms with van der Waals surface area (Å²) in [6.07, 6.45) is 7.60. The first-order chi connectivity index (χ1) is 15.2. The van der Waals surface area contributed by atoms with Gasteiger partial charge in [-0.3, -0.25) is 4.79 Å². The van der Waals surface area contributed by atoms with Crippen molar-refractivity contribution in [2.24, 2.45) is 0 Å². The third-order valence-electron chi connectivity index (χ3n) is 6.47. The predicted molar refractivity (Wildman–Crippen MR) is 119 cm³/mol. The number of carbonyl (C=O) groups excluding carboxylic acids is 1. The third kappa shape index (κ3) is 4.13. The first-order valence-electron chi connectivity index (χ1n) is 11.4. The number of anilines is 1. The molecule has 5 rings (SSSR count). The van der Waals surface area contributed by atoms with E-state index in [2.05, 4.69) is 38.6 Å². The van der Waals surface area contributed by atoms with Crippen LogP contribution >= 0.6 is 0 Å². The van der Waals surface area contributed by atoms with Crippen molar-refractivity contribution in [3.05, 3.63) is 46.9 Å². The van der Waals surface area contributed by atoms with Gasteiger partial charge in [0.15, 0.2) is 0 Å². The Kier molecular flexibility index (Phi) is 5.57. The minimum atomic E-state index is 0.0404. The van der Waals surface area contributed by atoms with E-state index in [9.17, 15) is 4.79 Å². The Bertz CT molecular complexity index is 1090. The molecule has 2 aliphatic rings. The lowest BCUT2D eigenvalue weighted by Gasteiger charge is -2.28. The number of benzene rings is 1. The smallest absolute Gasteiger partial charge is 0.263 e. The predicted octanol–water partition coefficient (Wildman–Crippen LogP) is 4.04. The van der Waals surface area contributed by atoms with Gasteiger partial charge in [0.05, 0.1) is 11.7 Å². The zero-order valence-electron chi connectivity index (χ0n) is 18.1. The van der Waals surface area contributed by atoms with Gasteiger partial charge < -0.3 is 14.7 Å². The topological polar surface area (TPSA) is 84.1 Å². The maximum atomic E-state index is 12.7. The lowest BCUT2D eigenvalue weighted by atomic mass is 9.87. The van der Waals surface area contributed by atoms with Gasteiger partial charge in [0.2, 0.25) is 5.91 Å². The molecule has 3 aromatic rings. The Labute approximate surface area is 182 Å². The fourth-order valence-electron chi connectivity index (χ4n) is 4.85. The largest absolute Gasteiger partial charge is 0.356 e. The van der Waals surface area contributed by atoms with Crippen molar-refractivity contribution < 1.29 is 9.32 Å². The van der Waals surface area contributed by atoms with Crippen LogP contribution < -0.4 is 10.2 Å². The van der Waals surface area contributed by atoms with Crippen LogP contribution in [0, 0.1) is 6.92 Å². The van der Waals surface area contributed by atoms with Crippen LogP contribution in [0.1, 0.15) is 67.2 Å². The Morgan fingerprint density at radius 3 is 2.87 bits per heavy atom. The van der Waals surface area contributed by atoms with E-state index in [0.29, 0.717) is 24.4 Å². The Morgan fingerprint density at radius 2 is 2.00 bits per heavy atom. The molecule has 1 atom stereocenters. The number of piperidine rings is 1. The summed E-state index contributed by atoms with van der Waals surface area (Å²) < 4.78 is 5.46. The lowest BCUT2D eigenvalue weighted by Crippen LogP contribution is -2.31. The van der Waals surface area contributed by atoms with Gasteiger partial charge in [0.25, 0.3) is 5.71 Å². The van der Waals surface area contributed by atoms with E-state index in [0.717, 1.165) is 62.1 Å². The Hall–Kier alpha value is -2.96. The first-order valence-corrected chi connectivity index (χ1v) is 11.4. The average molecular weight is 420 g/mol. The van der Waals surface area contributed by atoms with Gasteiger partial charge in [-0.05, 0) is 56.6 Å². The molecule has 7 heteroatoms. The third-order valence-corrected chi connectivity index (χ3v) is 6.47. The molecule has 31 heavy (non-hydrogen) atoms. The van der Waals surface area contributed by atoms with E-state index in [4.69, 9.17) is 9.51 Å². The summed E-state index contributed by atoms with van der Waals surface area (Å²) in [6.45, 7) is 3.90. The van der Waals surface area contributed by atoms with E-state index in [1.807, 2.05) is 13.0 Å². The van der Waals surface area contributed by atoms with Gasteiger partial charge in [0.1, 0.15) is 17.0 Å². The minimum absolute atomic E-state index is 0.0404. The maximum Gasteiger partial charge on any atom is 0.263 e. The second-order valence-corrected chi connectivity index (χ2v) is 8.67. The lowest BCUT2D eigenvalue weighted by molar-refractivity contribution is -0.121. The molecule has 3 heterocycles. The molecule has 1 amide bonds. The van der Waals surface area contributed by atoms with E-state index in [-0.39, 0.29) is 11.9 Å². The fraction of sp³-hybridized carbons (Fsp3) is 0.500. The van der Waals surface area contributed by atoms with Crippen molar-refractivity contribution in [1.29, 1.82) is 0 Å². The maximum absolute atomic E-state index is 12.7. The molecule has 1 N–H and O–H groups in total. The fourth-order valence-corrected chi connectivity index (χ4v) is 4.85. The van der Waals surface area contributed by atoms with Gasteiger partial charge in [-0.25, -0.2) is 4.98 Å². The van der Waals surface area contributed by atoms with Gasteiger partial charge in [-0.2, -0.15) is 4.98 Å². The summed E-state index contributed by atoms with van der Waals surface area (Å²) in [5.74, 6) is 1.59. The van der Waals surface area contributed by atoms with E-state index >= 15 is 0 Å². The molecular weight excluding hydrogens is 390 g/mol. The SMILES string of the molecule is Cc1noc2nc(CCC(=O)NC3CCCc4ccccc43)nc(N3CCCCC3)c12. The Morgan fingerprint density at radius 1 is 1.16 bits per heavy atom. The number of fused-ring (bicyclic) bond motifs is 2. The molecule has 1 aliphatic heterocycles. The van der Waals surface area contributed by atoms with E-state index < -0.39 is 0 Å². The van der Waals surface area contributed by atoms with Crippen LogP contribution in [-0.2, 0) is 17.6 Å². The highest BCUT2D eigenvalue weighted by molar-refractivity contribution is 5.88. The minimum Gasteiger partial charge on any atom is -0.356 e. The van der Waals surface area contributed by atoms with Gasteiger partial charge in [-0.1, -0.05) is 29.4 Å². The number of amides is 1. The van der Waals surface area contributed by atoms with Gasteiger partial charge >= 0.3 is 0 Å². The van der Waals surface area contributed by atoms with Gasteiger partial charge in [-0.15, -0.1) is 0 Å². The molecule has 162 valence electrons. The number of nitrogens with one attached hydrogen (secondary N) is 1. The number of rotatable bonds is 5. The summed E-state index contributed by atoms with van der Waals surface area (Å²) in [7, 11) is 0. The summed E-state index contributed by atoms with van der Waals surface area (Å²) in [4.78, 5) is 24.4. The van der Waals surface area contributed by atoms with Crippen molar-refractivity contribution >= 4 is 22.8 Å². The first kappa shape index (κ1) is 20.0. The second kappa shape index (κ2) is 8.65. The Balaban J connectivity index is 1.30. The molecule has 2 aromatic heterocycles. The molecule has 1 saturated heterocycles. The highest BCUT2D eigenvalue weighted by atomic mass is 16.5.